The average molecular weight is 447 g/mol. The maximum absolute atomic E-state index is 12.8. The van der Waals surface area contributed by atoms with Gasteiger partial charge in [-0.05, 0) is 56.0 Å². The van der Waals surface area contributed by atoms with E-state index in [4.69, 9.17) is 17.3 Å². The highest BCUT2D eigenvalue weighted by atomic mass is 35.5. The van der Waals surface area contributed by atoms with Crippen LogP contribution in [0.4, 0.5) is 5.00 Å². The summed E-state index contributed by atoms with van der Waals surface area (Å²) in [5.74, 6) is -0.679. The van der Waals surface area contributed by atoms with Crippen LogP contribution >= 0.6 is 34.7 Å². The number of aryl methyl sites for hydroxylation is 1. The van der Waals surface area contributed by atoms with E-state index in [0.717, 1.165) is 35.4 Å². The molecule has 3 N–H and O–H groups in total. The van der Waals surface area contributed by atoms with E-state index in [1.807, 2.05) is 42.0 Å². The molecule has 6 nitrogen and oxygen atoms in total. The summed E-state index contributed by atoms with van der Waals surface area (Å²) in [4.78, 5) is 30.2. The van der Waals surface area contributed by atoms with Crippen molar-refractivity contribution in [2.45, 2.75) is 36.6 Å². The molecule has 0 fully saturated rings. The summed E-state index contributed by atoms with van der Waals surface area (Å²) in [6.07, 6.45) is 6.32. The lowest BCUT2D eigenvalue weighted by molar-refractivity contribution is -0.115. The highest BCUT2D eigenvalue weighted by Crippen LogP contribution is 2.39. The Morgan fingerprint density at radius 2 is 2.07 bits per heavy atom. The van der Waals surface area contributed by atoms with E-state index in [9.17, 15) is 9.59 Å². The number of nitrogens with one attached hydrogen (secondary N) is 1. The molecule has 4 rings (SSSR count). The number of fused-ring (bicyclic) bond motifs is 1. The lowest BCUT2D eigenvalue weighted by Crippen LogP contribution is -2.24. The summed E-state index contributed by atoms with van der Waals surface area (Å²) in [5, 5.41) is 4.39. The summed E-state index contributed by atoms with van der Waals surface area (Å²) in [6, 6.07) is 7.40. The molecule has 1 atom stereocenters. The van der Waals surface area contributed by atoms with Gasteiger partial charge in [-0.2, -0.15) is 0 Å². The van der Waals surface area contributed by atoms with Gasteiger partial charge < -0.3 is 11.1 Å². The van der Waals surface area contributed by atoms with Gasteiger partial charge in [-0.15, -0.1) is 11.3 Å². The number of carbonyl (C=O) groups excluding carboxylic acids is 2. The number of benzene rings is 1. The van der Waals surface area contributed by atoms with Crippen LogP contribution in [0.25, 0.3) is 5.69 Å². The summed E-state index contributed by atoms with van der Waals surface area (Å²) >= 11 is 8.76. The fourth-order valence-corrected chi connectivity index (χ4v) is 5.66. The number of imidazole rings is 1. The molecule has 1 aromatic carbocycles. The van der Waals surface area contributed by atoms with Gasteiger partial charge in [0.25, 0.3) is 5.91 Å². The van der Waals surface area contributed by atoms with Crippen LogP contribution in [0, 0.1) is 0 Å². The van der Waals surface area contributed by atoms with Crippen LogP contribution in [-0.2, 0) is 17.6 Å². The summed E-state index contributed by atoms with van der Waals surface area (Å²) in [7, 11) is 0. The second-order valence-corrected chi connectivity index (χ2v) is 9.58. The van der Waals surface area contributed by atoms with E-state index in [1.165, 1.54) is 23.1 Å². The van der Waals surface area contributed by atoms with E-state index < -0.39 is 11.2 Å². The van der Waals surface area contributed by atoms with Crippen LogP contribution in [0.1, 0.15) is 34.1 Å². The Bertz CT molecular complexity index is 1070. The number of rotatable bonds is 6. The molecule has 1 aliphatic rings. The largest absolute Gasteiger partial charge is 0.365 e. The van der Waals surface area contributed by atoms with Crippen molar-refractivity contribution in [2.24, 2.45) is 5.73 Å². The Balaban J connectivity index is 1.50. The molecule has 150 valence electrons. The number of anilines is 1. The van der Waals surface area contributed by atoms with Gasteiger partial charge in [0.1, 0.15) is 5.00 Å². The van der Waals surface area contributed by atoms with E-state index in [2.05, 4.69) is 10.3 Å². The molecule has 2 heterocycles. The molecule has 0 saturated heterocycles. The van der Waals surface area contributed by atoms with Crippen molar-refractivity contribution < 1.29 is 9.59 Å². The topological polar surface area (TPSA) is 90.0 Å². The molecule has 0 radical (unpaired) electrons. The van der Waals surface area contributed by atoms with Crippen molar-refractivity contribution >= 4 is 51.5 Å². The fraction of sp³-hybridized carbons (Fsp3) is 0.250. The number of hydrogen-bond acceptors (Lipinski definition) is 5. The molecule has 0 aliphatic heterocycles. The zero-order valence-electron chi connectivity index (χ0n) is 15.6. The Hall–Kier alpha value is -2.29. The van der Waals surface area contributed by atoms with Crippen molar-refractivity contribution in [3.05, 3.63) is 57.7 Å². The van der Waals surface area contributed by atoms with E-state index >= 15 is 0 Å². The first kappa shape index (κ1) is 20.0. The SMILES string of the molecule is C[C@@H](Sc1nccn1-c1ccc(Cl)cc1)C(=O)Nc1sc2c(c1C(N)=O)CCC2. The first-order chi connectivity index (χ1) is 13.9. The van der Waals surface area contributed by atoms with Gasteiger partial charge in [-0.25, -0.2) is 4.98 Å². The number of thioether (sulfide) groups is 1. The van der Waals surface area contributed by atoms with Gasteiger partial charge in [0.15, 0.2) is 5.16 Å². The van der Waals surface area contributed by atoms with Crippen LogP contribution in [0.15, 0.2) is 41.8 Å². The van der Waals surface area contributed by atoms with Crippen molar-refractivity contribution in [2.75, 3.05) is 5.32 Å². The summed E-state index contributed by atoms with van der Waals surface area (Å²) in [6.45, 7) is 1.81. The monoisotopic (exact) mass is 446 g/mol. The normalized spacial score (nSPS) is 13.9. The minimum Gasteiger partial charge on any atom is -0.365 e. The lowest BCUT2D eigenvalue weighted by atomic mass is 10.1. The molecule has 3 aromatic rings. The van der Waals surface area contributed by atoms with Crippen LogP contribution in [0.5, 0.6) is 0 Å². The van der Waals surface area contributed by atoms with Crippen LogP contribution in [0.3, 0.4) is 0 Å². The van der Waals surface area contributed by atoms with Crippen molar-refractivity contribution in [1.82, 2.24) is 9.55 Å². The number of nitrogens with two attached hydrogens (primary N) is 1. The summed E-state index contributed by atoms with van der Waals surface area (Å²) in [5.41, 5.74) is 7.95. The molecule has 1 aliphatic carbocycles. The number of thiophene rings is 1. The highest BCUT2D eigenvalue weighted by Gasteiger charge is 2.27. The third-order valence-corrected chi connectivity index (χ3v) is 7.31. The molecule has 9 heteroatoms. The molecule has 0 spiro atoms. The van der Waals surface area contributed by atoms with E-state index in [-0.39, 0.29) is 5.91 Å². The van der Waals surface area contributed by atoms with E-state index in [1.54, 1.807) is 6.20 Å². The second-order valence-electron chi connectivity index (χ2n) is 6.73. The number of amides is 2. The minimum absolute atomic E-state index is 0.192. The maximum Gasteiger partial charge on any atom is 0.251 e. The Morgan fingerprint density at radius 3 is 2.79 bits per heavy atom. The van der Waals surface area contributed by atoms with Gasteiger partial charge in [-0.3, -0.25) is 14.2 Å². The third-order valence-electron chi connectivity index (χ3n) is 4.77. The average Bonchev–Trinajstić information content (AvgIpc) is 3.38. The molecule has 2 amide bonds. The third kappa shape index (κ3) is 4.05. The molecule has 29 heavy (non-hydrogen) atoms. The standard InChI is InChI=1S/C20H19ClN4O2S2/c1-11(28-20-23-9-10-25(20)13-7-5-12(21)6-8-13)18(27)24-19-16(17(22)26)14-3-2-4-15(14)29-19/h5-11H,2-4H2,1H3,(H2,22,26)(H,24,27)/t11-/m1/s1. The van der Waals surface area contributed by atoms with Crippen LogP contribution in [0.2, 0.25) is 5.02 Å². The number of primary amides is 1. The number of carbonyl (C=O) groups is 2. The Kier molecular flexibility index (Phi) is 5.67. The first-order valence-corrected chi connectivity index (χ1v) is 11.2. The molecule has 0 saturated carbocycles. The smallest absolute Gasteiger partial charge is 0.251 e. The van der Waals surface area contributed by atoms with Gasteiger partial charge >= 0.3 is 0 Å². The Morgan fingerprint density at radius 1 is 1.31 bits per heavy atom. The second kappa shape index (κ2) is 8.22. The van der Waals surface area contributed by atoms with Gasteiger partial charge in [-0.1, -0.05) is 23.4 Å². The fourth-order valence-electron chi connectivity index (χ4n) is 3.35. The Labute approximate surface area is 181 Å². The highest BCUT2D eigenvalue weighted by molar-refractivity contribution is 8.00. The van der Waals surface area contributed by atoms with Crippen molar-refractivity contribution in [1.29, 1.82) is 0 Å². The quantitative estimate of drug-likeness (QED) is 0.552. The molecule has 0 unspecified atom stereocenters. The molecule has 2 aromatic heterocycles. The minimum atomic E-state index is -0.488. The van der Waals surface area contributed by atoms with Crippen LogP contribution in [-0.4, -0.2) is 26.6 Å². The van der Waals surface area contributed by atoms with Crippen molar-refractivity contribution in [3.8, 4) is 5.69 Å². The number of hydrogen-bond donors (Lipinski definition) is 2. The number of nitrogens with zero attached hydrogens (tertiary/aromatic N) is 2. The van der Waals surface area contributed by atoms with Gasteiger partial charge in [0.05, 0.1) is 10.8 Å². The van der Waals surface area contributed by atoms with Crippen LogP contribution < -0.4 is 11.1 Å². The zero-order valence-corrected chi connectivity index (χ0v) is 18.0. The number of halogens is 1. The maximum atomic E-state index is 12.8. The zero-order chi connectivity index (χ0) is 20.5. The molecular weight excluding hydrogens is 428 g/mol. The van der Waals surface area contributed by atoms with Gasteiger partial charge in [0.2, 0.25) is 5.91 Å². The molecular formula is C20H19ClN4O2S2. The first-order valence-electron chi connectivity index (χ1n) is 9.15. The predicted octanol–water partition coefficient (Wildman–Crippen LogP) is 4.29. The van der Waals surface area contributed by atoms with E-state index in [0.29, 0.717) is 20.7 Å². The predicted molar refractivity (Wildman–Crippen MR) is 117 cm³/mol. The molecule has 0 bridgehead atoms. The van der Waals surface area contributed by atoms with Crippen molar-refractivity contribution in [3.63, 3.8) is 0 Å². The number of aromatic nitrogens is 2. The summed E-state index contributed by atoms with van der Waals surface area (Å²) < 4.78 is 1.90. The lowest BCUT2D eigenvalue weighted by Gasteiger charge is -2.13. The van der Waals surface area contributed by atoms with Gasteiger partial charge in [0, 0.05) is 28.0 Å².